The third-order valence-corrected chi connectivity index (χ3v) is 13.0. The van der Waals surface area contributed by atoms with E-state index in [4.69, 9.17) is 0 Å². The standard InChI is InChI=1S/C16H13.C9H13.C4H10Si.2ClH.Zr/c1-12-10-14-8-5-9-15(16(14)11-12)13-6-3-2-4-7-13;1-6-5-7(2)9(4)8(6)3;1-3-5-4-2;;;/h2-11H,1H3;6H,1-4H3;3-4H2,1-2H3;2*1H;/q2*-1;;;;+2/p-2. The van der Waals surface area contributed by atoms with E-state index >= 15 is 0 Å². The van der Waals surface area contributed by atoms with Gasteiger partial charge in [-0.1, -0.05) is 75.6 Å². The van der Waals surface area contributed by atoms with Crippen LogP contribution >= 0.6 is 0 Å². The van der Waals surface area contributed by atoms with Crippen molar-refractivity contribution in [3.63, 3.8) is 0 Å². The van der Waals surface area contributed by atoms with Crippen LogP contribution in [0.1, 0.15) is 47.1 Å². The monoisotopic (exact) mass is 572 g/mol. The van der Waals surface area contributed by atoms with Crippen molar-refractivity contribution in [2.45, 2.75) is 60.6 Å². The molecule has 3 aromatic rings. The molecule has 0 radical (unpaired) electrons. The Kier molecular flexibility index (Phi) is 15.6. The molecule has 4 rings (SSSR count). The van der Waals surface area contributed by atoms with E-state index in [2.05, 4.69) is 115 Å². The Labute approximate surface area is 229 Å². The molecular formula is C29H36Cl2SiZr-2. The van der Waals surface area contributed by atoms with Gasteiger partial charge in [0.2, 0.25) is 0 Å². The molecule has 1 aliphatic rings. The fourth-order valence-electron chi connectivity index (χ4n) is 3.67. The SMILES string of the molecule is CC1=[C-]C(C)C(C)=C1C.CC[Si](=[Zr+2])CC.Cc1cc2c(-c3ccccc3)cccc2[cH-]1.[Cl-].[Cl-]. The Morgan fingerprint density at radius 1 is 0.909 bits per heavy atom. The van der Waals surface area contributed by atoms with Crippen molar-refractivity contribution in [2.24, 2.45) is 5.92 Å². The minimum atomic E-state index is 0. The average molecular weight is 575 g/mol. The zero-order chi connectivity index (χ0) is 23.0. The van der Waals surface area contributed by atoms with Crippen LogP contribution in [0.25, 0.3) is 21.9 Å². The van der Waals surface area contributed by atoms with Gasteiger partial charge in [0.15, 0.2) is 0 Å². The van der Waals surface area contributed by atoms with Crippen LogP contribution in [0.3, 0.4) is 0 Å². The topological polar surface area (TPSA) is 0 Å². The molecule has 0 aliphatic heterocycles. The first-order valence-electron chi connectivity index (χ1n) is 11.3. The number of rotatable bonds is 3. The molecule has 0 heterocycles. The number of halogens is 2. The van der Waals surface area contributed by atoms with Crippen molar-refractivity contribution < 1.29 is 48.1 Å². The molecule has 0 saturated carbocycles. The summed E-state index contributed by atoms with van der Waals surface area (Å²) in [5.41, 5.74) is 8.41. The Morgan fingerprint density at radius 3 is 1.94 bits per heavy atom. The molecule has 176 valence electrons. The van der Waals surface area contributed by atoms with Crippen LogP contribution in [0.5, 0.6) is 0 Å². The summed E-state index contributed by atoms with van der Waals surface area (Å²) in [7, 11) is 0. The summed E-state index contributed by atoms with van der Waals surface area (Å²) < 4.78 is 0. The molecule has 1 unspecified atom stereocenters. The van der Waals surface area contributed by atoms with E-state index in [0.29, 0.717) is 5.92 Å². The van der Waals surface area contributed by atoms with Crippen LogP contribution in [0, 0.1) is 18.9 Å². The molecule has 1 aliphatic carbocycles. The van der Waals surface area contributed by atoms with Gasteiger partial charge in [0.05, 0.1) is 0 Å². The molecule has 0 amide bonds. The number of aryl methyl sites for hydroxylation is 1. The maximum Gasteiger partial charge on any atom is -0.0279 e. The zero-order valence-corrected chi connectivity index (χ0v) is 26.0. The van der Waals surface area contributed by atoms with E-state index in [9.17, 15) is 0 Å². The van der Waals surface area contributed by atoms with E-state index in [1.165, 1.54) is 56.3 Å². The second-order valence-electron chi connectivity index (χ2n) is 8.32. The average Bonchev–Trinajstić information content (AvgIpc) is 3.28. The first-order chi connectivity index (χ1) is 14.8. The molecule has 4 heteroatoms. The van der Waals surface area contributed by atoms with Crippen LogP contribution in [-0.4, -0.2) is 5.43 Å². The van der Waals surface area contributed by atoms with Crippen LogP contribution in [0.2, 0.25) is 12.1 Å². The Bertz CT molecular complexity index is 1070. The quantitative estimate of drug-likeness (QED) is 0.334. The van der Waals surface area contributed by atoms with Crippen LogP contribution in [0.4, 0.5) is 0 Å². The maximum atomic E-state index is 3.36. The molecule has 3 aromatic carbocycles. The van der Waals surface area contributed by atoms with Crippen molar-refractivity contribution in [2.75, 3.05) is 0 Å². The Morgan fingerprint density at radius 2 is 1.52 bits per heavy atom. The summed E-state index contributed by atoms with van der Waals surface area (Å²) in [5.74, 6) is 0.560. The summed E-state index contributed by atoms with van der Waals surface area (Å²) in [6.45, 7) is 15.4. The summed E-state index contributed by atoms with van der Waals surface area (Å²) in [6, 6.07) is 24.5. The van der Waals surface area contributed by atoms with Gasteiger partial charge in [-0.3, -0.25) is 6.08 Å². The smallest absolute Gasteiger partial charge is 0.0279 e. The molecular weight excluding hydrogens is 539 g/mol. The van der Waals surface area contributed by atoms with Gasteiger partial charge in [-0.25, -0.2) is 5.57 Å². The third kappa shape index (κ3) is 9.41. The first-order valence-corrected chi connectivity index (χ1v) is 16.9. The van der Waals surface area contributed by atoms with Gasteiger partial charge in [0.1, 0.15) is 0 Å². The third-order valence-electron chi connectivity index (χ3n) is 6.07. The normalized spacial score (nSPS) is 14.2. The molecule has 0 spiro atoms. The Balaban J connectivity index is 0.000000518. The molecule has 0 fully saturated rings. The minimum Gasteiger partial charge on any atom is -1.00 e. The van der Waals surface area contributed by atoms with Crippen molar-refractivity contribution in [3.8, 4) is 11.1 Å². The molecule has 0 aromatic heterocycles. The van der Waals surface area contributed by atoms with Gasteiger partial charge >= 0.3 is 54.7 Å². The maximum absolute atomic E-state index is 3.36. The number of hydrogen-bond acceptors (Lipinski definition) is 0. The number of allylic oxidation sites excluding steroid dienone is 4. The van der Waals surface area contributed by atoms with Gasteiger partial charge in [-0.2, -0.15) is 17.2 Å². The molecule has 1 atom stereocenters. The number of fused-ring (bicyclic) bond motifs is 1. The van der Waals surface area contributed by atoms with Crippen molar-refractivity contribution >= 4 is 16.2 Å². The van der Waals surface area contributed by atoms with Gasteiger partial charge in [0.25, 0.3) is 0 Å². The largest absolute Gasteiger partial charge is 1.00 e. The molecule has 0 saturated heterocycles. The van der Waals surface area contributed by atoms with Crippen molar-refractivity contribution in [1.29, 1.82) is 0 Å². The fraction of sp³-hybridized carbons (Fsp3) is 0.345. The second-order valence-corrected chi connectivity index (χ2v) is 16.2. The van der Waals surface area contributed by atoms with Crippen LogP contribution in [0.15, 0.2) is 77.4 Å². The predicted molar refractivity (Wildman–Crippen MR) is 136 cm³/mol. The van der Waals surface area contributed by atoms with E-state index in [-0.39, 0.29) is 30.2 Å². The van der Waals surface area contributed by atoms with E-state index in [1.54, 1.807) is 23.3 Å². The zero-order valence-electron chi connectivity index (χ0n) is 21.0. The van der Waals surface area contributed by atoms with Crippen molar-refractivity contribution in [3.05, 3.63) is 89.0 Å². The summed E-state index contributed by atoms with van der Waals surface area (Å²) in [6.07, 6.45) is 3.36. The molecule has 33 heavy (non-hydrogen) atoms. The van der Waals surface area contributed by atoms with Crippen molar-refractivity contribution in [1.82, 2.24) is 0 Å². The number of hydrogen-bond donors (Lipinski definition) is 0. The molecule has 0 N–H and O–H groups in total. The van der Waals surface area contributed by atoms with Crippen LogP contribution < -0.4 is 24.8 Å². The van der Waals surface area contributed by atoms with E-state index in [0.717, 1.165) is 0 Å². The van der Waals surface area contributed by atoms with Crippen LogP contribution in [-0.2, 0) is 23.3 Å². The van der Waals surface area contributed by atoms with Gasteiger partial charge in [-0.05, 0) is 5.56 Å². The minimum absolute atomic E-state index is 0. The predicted octanol–water partition coefficient (Wildman–Crippen LogP) is 2.83. The van der Waals surface area contributed by atoms with Gasteiger partial charge in [-0.15, -0.1) is 41.5 Å². The van der Waals surface area contributed by atoms with Gasteiger partial charge < -0.3 is 24.8 Å². The van der Waals surface area contributed by atoms with E-state index in [1.807, 2.05) is 0 Å². The fourth-order valence-corrected chi connectivity index (χ4v) is 4.17. The second kappa shape index (κ2) is 16.0. The molecule has 0 nitrogen and oxygen atoms in total. The Hall–Kier alpha value is -0.790. The van der Waals surface area contributed by atoms with Gasteiger partial charge in [0, 0.05) is 0 Å². The summed E-state index contributed by atoms with van der Waals surface area (Å²) >= 11 is 1.80. The summed E-state index contributed by atoms with van der Waals surface area (Å²) in [4.78, 5) is 0. The number of benzene rings is 2. The molecule has 0 bridgehead atoms. The first kappa shape index (κ1) is 32.2. The summed E-state index contributed by atoms with van der Waals surface area (Å²) in [5, 5.41) is 2.69. The van der Waals surface area contributed by atoms with E-state index < -0.39 is 0 Å².